The van der Waals surface area contributed by atoms with Crippen LogP contribution < -0.4 is 5.32 Å². The summed E-state index contributed by atoms with van der Waals surface area (Å²) in [6, 6.07) is 2.18. The molecule has 1 aliphatic carbocycles. The topological polar surface area (TPSA) is 52.9 Å². The van der Waals surface area contributed by atoms with E-state index in [0.29, 0.717) is 12.0 Å². The molecule has 1 aliphatic rings. The zero-order chi connectivity index (χ0) is 11.3. The van der Waals surface area contributed by atoms with Gasteiger partial charge in [0.05, 0.1) is 6.07 Å². The molecule has 2 atom stereocenters. The van der Waals surface area contributed by atoms with E-state index < -0.39 is 0 Å². The van der Waals surface area contributed by atoms with Gasteiger partial charge in [-0.1, -0.05) is 26.7 Å². The summed E-state index contributed by atoms with van der Waals surface area (Å²) in [4.78, 5) is 11.3. The number of rotatable bonds is 3. The Morgan fingerprint density at radius 2 is 2.27 bits per heavy atom. The maximum absolute atomic E-state index is 11.3. The summed E-state index contributed by atoms with van der Waals surface area (Å²) in [6.07, 6.45) is 4.61. The second kappa shape index (κ2) is 5.75. The average Bonchev–Trinajstić information content (AvgIpc) is 2.18. The maximum atomic E-state index is 11.3. The second-order valence-corrected chi connectivity index (χ2v) is 4.77. The fourth-order valence-electron chi connectivity index (χ4n) is 2.31. The number of carbonyl (C=O) groups is 1. The molecule has 15 heavy (non-hydrogen) atoms. The molecule has 1 amide bonds. The van der Waals surface area contributed by atoms with E-state index in [-0.39, 0.29) is 12.3 Å². The van der Waals surface area contributed by atoms with E-state index >= 15 is 0 Å². The summed E-state index contributed by atoms with van der Waals surface area (Å²) in [6.45, 7) is 4.48. The monoisotopic (exact) mass is 208 g/mol. The highest BCUT2D eigenvalue weighted by molar-refractivity contribution is 5.78. The largest absolute Gasteiger partial charge is 0.352 e. The van der Waals surface area contributed by atoms with E-state index in [1.54, 1.807) is 0 Å². The summed E-state index contributed by atoms with van der Waals surface area (Å²) in [5.74, 6) is 1.30. The SMILES string of the molecule is CC(C)[C@H]1CCC[C@@H](NC(=O)CC#N)C1. The standard InChI is InChI=1S/C12H20N2O/c1-9(2)10-4-3-5-11(8-10)14-12(15)6-7-13/h9-11H,3-6,8H2,1-2H3,(H,14,15)/t10-,11+/m0/s1. The van der Waals surface area contributed by atoms with Crippen LogP contribution in [0.25, 0.3) is 0 Å². The Balaban J connectivity index is 2.37. The minimum absolute atomic E-state index is 0.0111. The lowest BCUT2D eigenvalue weighted by Crippen LogP contribution is -2.39. The van der Waals surface area contributed by atoms with Crippen LogP contribution in [0.1, 0.15) is 46.0 Å². The highest BCUT2D eigenvalue weighted by atomic mass is 16.1. The molecule has 0 heterocycles. The molecule has 0 saturated heterocycles. The Bertz CT molecular complexity index is 255. The summed E-state index contributed by atoms with van der Waals surface area (Å²) < 4.78 is 0. The Morgan fingerprint density at radius 1 is 1.53 bits per heavy atom. The van der Waals surface area contributed by atoms with Crippen molar-refractivity contribution in [3.8, 4) is 6.07 Å². The number of nitriles is 1. The van der Waals surface area contributed by atoms with Crippen molar-refractivity contribution in [2.45, 2.75) is 52.0 Å². The molecule has 0 aliphatic heterocycles. The van der Waals surface area contributed by atoms with Gasteiger partial charge in [-0.15, -0.1) is 0 Å². The van der Waals surface area contributed by atoms with Crippen LogP contribution in [-0.4, -0.2) is 11.9 Å². The summed E-state index contributed by atoms with van der Waals surface area (Å²) in [5.41, 5.74) is 0. The second-order valence-electron chi connectivity index (χ2n) is 4.77. The smallest absolute Gasteiger partial charge is 0.234 e. The van der Waals surface area contributed by atoms with Crippen LogP contribution in [0.5, 0.6) is 0 Å². The molecule has 0 radical (unpaired) electrons. The molecule has 0 unspecified atom stereocenters. The van der Waals surface area contributed by atoms with Gasteiger partial charge in [0.2, 0.25) is 5.91 Å². The lowest BCUT2D eigenvalue weighted by atomic mass is 9.79. The molecule has 0 bridgehead atoms. The molecular formula is C12H20N2O. The van der Waals surface area contributed by atoms with Crippen molar-refractivity contribution >= 4 is 5.91 Å². The number of hydrogen-bond acceptors (Lipinski definition) is 2. The zero-order valence-electron chi connectivity index (χ0n) is 9.62. The van der Waals surface area contributed by atoms with Gasteiger partial charge >= 0.3 is 0 Å². The van der Waals surface area contributed by atoms with Crippen molar-refractivity contribution < 1.29 is 4.79 Å². The summed E-state index contributed by atoms with van der Waals surface area (Å²) >= 11 is 0. The van der Waals surface area contributed by atoms with Gasteiger partial charge < -0.3 is 5.32 Å². The van der Waals surface area contributed by atoms with Crippen LogP contribution >= 0.6 is 0 Å². The molecule has 1 saturated carbocycles. The van der Waals surface area contributed by atoms with Crippen LogP contribution in [0, 0.1) is 23.2 Å². The van der Waals surface area contributed by atoms with Gasteiger partial charge in [-0.2, -0.15) is 5.26 Å². The fraction of sp³-hybridized carbons (Fsp3) is 0.833. The summed E-state index contributed by atoms with van der Waals surface area (Å²) in [7, 11) is 0. The number of amides is 1. The first kappa shape index (κ1) is 12.0. The van der Waals surface area contributed by atoms with Gasteiger partial charge in [0, 0.05) is 6.04 Å². The van der Waals surface area contributed by atoms with Crippen LogP contribution in [0.3, 0.4) is 0 Å². The lowest BCUT2D eigenvalue weighted by Gasteiger charge is -2.31. The fourth-order valence-corrected chi connectivity index (χ4v) is 2.31. The van der Waals surface area contributed by atoms with E-state index in [1.165, 1.54) is 12.8 Å². The first-order valence-electron chi connectivity index (χ1n) is 5.79. The van der Waals surface area contributed by atoms with Crippen molar-refractivity contribution in [3.63, 3.8) is 0 Å². The first-order valence-corrected chi connectivity index (χ1v) is 5.79. The highest BCUT2D eigenvalue weighted by Gasteiger charge is 2.24. The molecular weight excluding hydrogens is 188 g/mol. The molecule has 84 valence electrons. The third-order valence-corrected chi connectivity index (χ3v) is 3.26. The van der Waals surface area contributed by atoms with Crippen molar-refractivity contribution in [2.75, 3.05) is 0 Å². The van der Waals surface area contributed by atoms with Crippen LogP contribution in [0.4, 0.5) is 0 Å². The van der Waals surface area contributed by atoms with Crippen LogP contribution in [0.2, 0.25) is 0 Å². The Morgan fingerprint density at radius 3 is 2.87 bits per heavy atom. The van der Waals surface area contributed by atoms with E-state index in [0.717, 1.165) is 18.8 Å². The molecule has 0 spiro atoms. The number of carbonyl (C=O) groups excluding carboxylic acids is 1. The lowest BCUT2D eigenvalue weighted by molar-refractivity contribution is -0.121. The average molecular weight is 208 g/mol. The van der Waals surface area contributed by atoms with E-state index in [1.807, 2.05) is 6.07 Å². The number of nitrogens with zero attached hydrogens (tertiary/aromatic N) is 1. The predicted molar refractivity (Wildman–Crippen MR) is 59.0 cm³/mol. The van der Waals surface area contributed by atoms with Crippen LogP contribution in [-0.2, 0) is 4.79 Å². The van der Waals surface area contributed by atoms with Crippen molar-refractivity contribution in [1.82, 2.24) is 5.32 Å². The Labute approximate surface area is 91.9 Å². The molecule has 3 heteroatoms. The molecule has 1 rings (SSSR count). The number of nitrogens with one attached hydrogen (secondary N) is 1. The molecule has 3 nitrogen and oxygen atoms in total. The Hall–Kier alpha value is -1.04. The van der Waals surface area contributed by atoms with Gasteiger partial charge in [0.1, 0.15) is 6.42 Å². The molecule has 0 aromatic rings. The molecule has 1 fully saturated rings. The van der Waals surface area contributed by atoms with E-state index in [2.05, 4.69) is 19.2 Å². The van der Waals surface area contributed by atoms with E-state index in [4.69, 9.17) is 5.26 Å². The van der Waals surface area contributed by atoms with E-state index in [9.17, 15) is 4.79 Å². The quantitative estimate of drug-likeness (QED) is 0.773. The number of hydrogen-bond donors (Lipinski definition) is 1. The van der Waals surface area contributed by atoms with Crippen LogP contribution in [0.15, 0.2) is 0 Å². The highest BCUT2D eigenvalue weighted by Crippen LogP contribution is 2.29. The predicted octanol–water partition coefficient (Wildman–Crippen LogP) is 2.23. The third-order valence-electron chi connectivity index (χ3n) is 3.26. The molecule has 0 aromatic carbocycles. The Kier molecular flexibility index (Phi) is 4.61. The third kappa shape index (κ3) is 3.91. The minimum atomic E-state index is -0.119. The van der Waals surface area contributed by atoms with Gasteiger partial charge in [0.25, 0.3) is 0 Å². The van der Waals surface area contributed by atoms with Crippen molar-refractivity contribution in [1.29, 1.82) is 5.26 Å². The van der Waals surface area contributed by atoms with Gasteiger partial charge in [-0.25, -0.2) is 0 Å². The minimum Gasteiger partial charge on any atom is -0.352 e. The first-order chi connectivity index (χ1) is 7.13. The molecule has 0 aromatic heterocycles. The van der Waals surface area contributed by atoms with Gasteiger partial charge in [-0.3, -0.25) is 4.79 Å². The maximum Gasteiger partial charge on any atom is 0.234 e. The van der Waals surface area contributed by atoms with Gasteiger partial charge in [0.15, 0.2) is 0 Å². The normalized spacial score (nSPS) is 26.0. The zero-order valence-corrected chi connectivity index (χ0v) is 9.62. The summed E-state index contributed by atoms with van der Waals surface area (Å²) in [5, 5.41) is 11.3. The van der Waals surface area contributed by atoms with Gasteiger partial charge in [-0.05, 0) is 24.7 Å². The molecule has 1 N–H and O–H groups in total. The van der Waals surface area contributed by atoms with Crippen molar-refractivity contribution in [2.24, 2.45) is 11.8 Å². The van der Waals surface area contributed by atoms with Crippen molar-refractivity contribution in [3.05, 3.63) is 0 Å².